The molecule has 0 atom stereocenters. The molecule has 0 aliphatic rings. The van der Waals surface area contributed by atoms with Crippen LogP contribution in [-0.4, -0.2) is 4.57 Å². The molecule has 0 saturated heterocycles. The maximum absolute atomic E-state index is 12.3. The number of pyridine rings is 1. The zero-order valence-corrected chi connectivity index (χ0v) is 7.91. The zero-order chi connectivity index (χ0) is 10.9. The molecule has 1 aromatic heterocycles. The molecule has 0 aliphatic heterocycles. The maximum atomic E-state index is 12.3. The van der Waals surface area contributed by atoms with Crippen molar-refractivity contribution in [2.75, 3.05) is 0 Å². The molecule has 14 heavy (non-hydrogen) atoms. The Bertz CT molecular complexity index is 453. The zero-order valence-electron chi connectivity index (χ0n) is 7.09. The number of halogens is 3. The SMILES string of the molecule is Cn1ccc(C(F)(F)F)c(C#N)c1=S. The molecule has 0 fully saturated rings. The molecular weight excluding hydrogens is 213 g/mol. The highest BCUT2D eigenvalue weighted by Gasteiger charge is 2.34. The maximum Gasteiger partial charge on any atom is 0.417 e. The Morgan fingerprint density at radius 1 is 1.50 bits per heavy atom. The molecule has 0 bridgehead atoms. The lowest BCUT2D eigenvalue weighted by molar-refractivity contribution is -0.137. The molecule has 0 aromatic carbocycles. The van der Waals surface area contributed by atoms with Crippen LogP contribution in [0, 0.1) is 16.0 Å². The molecule has 1 aromatic rings. The van der Waals surface area contributed by atoms with Crippen molar-refractivity contribution >= 4 is 12.2 Å². The predicted molar refractivity (Wildman–Crippen MR) is 46.0 cm³/mol. The highest BCUT2D eigenvalue weighted by Crippen LogP contribution is 2.31. The summed E-state index contributed by atoms with van der Waals surface area (Å²) in [5, 5.41) is 8.56. The molecule has 0 N–H and O–H groups in total. The van der Waals surface area contributed by atoms with Crippen molar-refractivity contribution in [3.63, 3.8) is 0 Å². The van der Waals surface area contributed by atoms with Crippen LogP contribution < -0.4 is 0 Å². The van der Waals surface area contributed by atoms with Crippen molar-refractivity contribution in [3.8, 4) is 6.07 Å². The average molecular weight is 218 g/mol. The van der Waals surface area contributed by atoms with E-state index in [1.54, 1.807) is 0 Å². The number of hydrogen-bond acceptors (Lipinski definition) is 2. The van der Waals surface area contributed by atoms with Gasteiger partial charge in [0.2, 0.25) is 0 Å². The van der Waals surface area contributed by atoms with Gasteiger partial charge in [-0.05, 0) is 6.07 Å². The second kappa shape index (κ2) is 3.42. The number of nitrogens with zero attached hydrogens (tertiary/aromatic N) is 2. The number of hydrogen-bond donors (Lipinski definition) is 0. The third-order valence-electron chi connectivity index (χ3n) is 1.69. The molecule has 0 amide bonds. The molecule has 0 saturated carbocycles. The number of aromatic nitrogens is 1. The van der Waals surface area contributed by atoms with Crippen molar-refractivity contribution in [2.45, 2.75) is 6.18 Å². The first kappa shape index (κ1) is 10.7. The quantitative estimate of drug-likeness (QED) is 0.626. The molecule has 0 spiro atoms. The van der Waals surface area contributed by atoms with Crippen LogP contribution in [0.4, 0.5) is 13.2 Å². The lowest BCUT2D eigenvalue weighted by atomic mass is 10.1. The molecular formula is C8H5F3N2S. The van der Waals surface area contributed by atoms with Crippen molar-refractivity contribution in [2.24, 2.45) is 7.05 Å². The summed E-state index contributed by atoms with van der Waals surface area (Å²) in [5.41, 5.74) is -1.49. The number of nitriles is 1. The Kier molecular flexibility index (Phi) is 2.62. The Balaban J connectivity index is 3.58. The van der Waals surface area contributed by atoms with E-state index in [-0.39, 0.29) is 4.64 Å². The van der Waals surface area contributed by atoms with E-state index in [0.29, 0.717) is 0 Å². The first-order chi connectivity index (χ1) is 6.38. The first-order valence-corrected chi connectivity index (χ1v) is 3.95. The molecule has 74 valence electrons. The Morgan fingerprint density at radius 2 is 2.07 bits per heavy atom. The van der Waals surface area contributed by atoms with E-state index in [1.165, 1.54) is 23.9 Å². The summed E-state index contributed by atoms with van der Waals surface area (Å²) in [5.74, 6) is 0. The van der Waals surface area contributed by atoms with Gasteiger partial charge in [0.1, 0.15) is 10.7 Å². The van der Waals surface area contributed by atoms with E-state index in [2.05, 4.69) is 12.2 Å². The van der Waals surface area contributed by atoms with Gasteiger partial charge in [0.05, 0.1) is 11.1 Å². The monoisotopic (exact) mass is 218 g/mol. The van der Waals surface area contributed by atoms with E-state index < -0.39 is 17.3 Å². The van der Waals surface area contributed by atoms with E-state index in [0.717, 1.165) is 6.07 Å². The van der Waals surface area contributed by atoms with Gasteiger partial charge in [-0.2, -0.15) is 18.4 Å². The summed E-state index contributed by atoms with van der Waals surface area (Å²) in [6.45, 7) is 0. The topological polar surface area (TPSA) is 28.7 Å². The van der Waals surface area contributed by atoms with Gasteiger partial charge in [-0.1, -0.05) is 12.2 Å². The lowest BCUT2D eigenvalue weighted by Crippen LogP contribution is -2.10. The fourth-order valence-corrected chi connectivity index (χ4v) is 1.19. The average Bonchev–Trinajstić information content (AvgIpc) is 2.07. The van der Waals surface area contributed by atoms with Crippen LogP contribution in [0.1, 0.15) is 11.1 Å². The summed E-state index contributed by atoms with van der Waals surface area (Å²) in [7, 11) is 1.49. The largest absolute Gasteiger partial charge is 0.417 e. The van der Waals surface area contributed by atoms with E-state index in [1.807, 2.05) is 0 Å². The second-order valence-electron chi connectivity index (χ2n) is 2.63. The van der Waals surface area contributed by atoms with Gasteiger partial charge >= 0.3 is 6.18 Å². The van der Waals surface area contributed by atoms with Crippen LogP contribution in [0.25, 0.3) is 0 Å². The molecule has 0 radical (unpaired) electrons. The van der Waals surface area contributed by atoms with Gasteiger partial charge in [-0.3, -0.25) is 0 Å². The third kappa shape index (κ3) is 1.77. The van der Waals surface area contributed by atoms with Crippen molar-refractivity contribution in [3.05, 3.63) is 28.0 Å². The van der Waals surface area contributed by atoms with Crippen LogP contribution in [0.15, 0.2) is 12.3 Å². The van der Waals surface area contributed by atoms with Crippen molar-refractivity contribution in [1.82, 2.24) is 4.57 Å². The standard InChI is InChI=1S/C8H5F3N2S/c1-13-3-2-6(8(9,10)11)5(4-12)7(13)14/h2-3H,1H3. The molecule has 6 heteroatoms. The number of aryl methyl sites for hydroxylation is 1. The van der Waals surface area contributed by atoms with Gasteiger partial charge in [-0.25, -0.2) is 0 Å². The Labute approximate surface area is 83.2 Å². The molecule has 0 unspecified atom stereocenters. The van der Waals surface area contributed by atoms with Gasteiger partial charge in [-0.15, -0.1) is 0 Å². The van der Waals surface area contributed by atoms with Crippen LogP contribution in [0.3, 0.4) is 0 Å². The first-order valence-electron chi connectivity index (χ1n) is 3.55. The Hall–Kier alpha value is -1.35. The normalized spacial score (nSPS) is 11.1. The third-order valence-corrected chi connectivity index (χ3v) is 2.18. The van der Waals surface area contributed by atoms with Crippen LogP contribution in [0.5, 0.6) is 0 Å². The Morgan fingerprint density at radius 3 is 2.50 bits per heavy atom. The summed E-state index contributed by atoms with van der Waals surface area (Å²) in [6.07, 6.45) is -3.35. The van der Waals surface area contributed by atoms with E-state index in [4.69, 9.17) is 5.26 Å². The summed E-state index contributed by atoms with van der Waals surface area (Å²) >= 11 is 4.69. The van der Waals surface area contributed by atoms with Gasteiger partial charge in [0.25, 0.3) is 0 Å². The summed E-state index contributed by atoms with van der Waals surface area (Å²) in [4.78, 5) is 0. The van der Waals surface area contributed by atoms with Crippen LogP contribution >= 0.6 is 12.2 Å². The van der Waals surface area contributed by atoms with E-state index in [9.17, 15) is 13.2 Å². The highest BCUT2D eigenvalue weighted by atomic mass is 32.1. The van der Waals surface area contributed by atoms with Gasteiger partial charge < -0.3 is 4.57 Å². The van der Waals surface area contributed by atoms with E-state index >= 15 is 0 Å². The van der Waals surface area contributed by atoms with Crippen molar-refractivity contribution < 1.29 is 13.2 Å². The second-order valence-corrected chi connectivity index (χ2v) is 3.02. The molecule has 2 nitrogen and oxygen atoms in total. The van der Waals surface area contributed by atoms with Crippen molar-refractivity contribution in [1.29, 1.82) is 5.26 Å². The minimum atomic E-state index is -4.53. The molecule has 0 aliphatic carbocycles. The van der Waals surface area contributed by atoms with Gasteiger partial charge in [0.15, 0.2) is 0 Å². The number of alkyl halides is 3. The van der Waals surface area contributed by atoms with Crippen LogP contribution in [-0.2, 0) is 13.2 Å². The summed E-state index contributed by atoms with van der Waals surface area (Å²) in [6, 6.07) is 2.31. The lowest BCUT2D eigenvalue weighted by Gasteiger charge is -2.09. The smallest absolute Gasteiger partial charge is 0.341 e. The minimum absolute atomic E-state index is 0.109. The fourth-order valence-electron chi connectivity index (χ4n) is 0.973. The highest BCUT2D eigenvalue weighted by molar-refractivity contribution is 7.71. The van der Waals surface area contributed by atoms with Crippen LogP contribution in [0.2, 0.25) is 0 Å². The minimum Gasteiger partial charge on any atom is -0.341 e. The molecule has 1 rings (SSSR count). The van der Waals surface area contributed by atoms with Gasteiger partial charge in [0, 0.05) is 13.2 Å². The predicted octanol–water partition coefficient (Wildman–Crippen LogP) is 2.65. The molecule has 1 heterocycles. The number of rotatable bonds is 0. The fraction of sp³-hybridized carbons (Fsp3) is 0.250. The summed E-state index contributed by atoms with van der Waals surface area (Å²) < 4.78 is 38.2.